The monoisotopic (exact) mass is 1150 g/mol. The van der Waals surface area contributed by atoms with Gasteiger partial charge in [0.1, 0.15) is 0 Å². The zero-order valence-corrected chi connectivity index (χ0v) is 50.5. The second-order valence-corrected chi connectivity index (χ2v) is 30.7. The van der Waals surface area contributed by atoms with E-state index >= 15 is 0 Å². The standard InChI is InChI=1S/C81H62N2SSi2/c1-61-26-10-2-3-11-29-64(44-42-61)82(65-46-52-76(53-47-65)85(70-30-12-4-13-31-70,71-32-14-5-15-33-71)72-34-16-6-17-35-72)68-50-56-78-79-57-51-69(60-81(79)84-80(78)59-68)83(67-45-43-62-27-24-25-28-63(62)58-67)66-48-54-77(55-49-66)86(73-36-18-7-19-37-73,74-38-20-8-21-39-74)75-40-22-9-23-41-75/h2-10,12-60H,1,11H2/b3-2-,26-10-,44-42?,64-29+. The van der Waals surface area contributed by atoms with Crippen LogP contribution in [0.2, 0.25) is 0 Å². The summed E-state index contributed by atoms with van der Waals surface area (Å²) in [5.74, 6) is 0. The summed E-state index contributed by atoms with van der Waals surface area (Å²) in [6.07, 6.45) is 15.9. The number of nitrogens with zero attached hydrogens (tertiary/aromatic N) is 2. The van der Waals surface area contributed by atoms with Gasteiger partial charge < -0.3 is 9.80 Å². The Morgan fingerprint density at radius 3 is 1.12 bits per heavy atom. The molecule has 1 aromatic heterocycles. The van der Waals surface area contributed by atoms with Crippen LogP contribution in [0.3, 0.4) is 0 Å². The second kappa shape index (κ2) is 23.8. The van der Waals surface area contributed by atoms with Gasteiger partial charge in [-0.2, -0.15) is 0 Å². The van der Waals surface area contributed by atoms with Crippen molar-refractivity contribution in [1.29, 1.82) is 0 Å². The van der Waals surface area contributed by atoms with E-state index in [1.54, 1.807) is 0 Å². The quantitative estimate of drug-likeness (QED) is 0.0791. The summed E-state index contributed by atoms with van der Waals surface area (Å²) in [5.41, 5.74) is 7.50. The molecule has 0 N–H and O–H groups in total. The lowest BCUT2D eigenvalue weighted by Crippen LogP contribution is -2.74. The van der Waals surface area contributed by atoms with Crippen LogP contribution in [-0.2, 0) is 0 Å². The van der Waals surface area contributed by atoms with Gasteiger partial charge in [-0.25, -0.2) is 0 Å². The normalized spacial score (nSPS) is 14.1. The Bertz CT molecular complexity index is 4460. The molecule has 14 rings (SSSR count). The summed E-state index contributed by atoms with van der Waals surface area (Å²) < 4.78 is 2.45. The smallest absolute Gasteiger partial charge is 0.179 e. The first-order chi connectivity index (χ1) is 42.6. The van der Waals surface area contributed by atoms with Crippen molar-refractivity contribution in [3.8, 4) is 0 Å². The van der Waals surface area contributed by atoms with Gasteiger partial charge in [0, 0.05) is 54.3 Å². The Kier molecular flexibility index (Phi) is 14.9. The maximum Gasteiger partial charge on any atom is 0.179 e. The van der Waals surface area contributed by atoms with Crippen LogP contribution >= 0.6 is 11.3 Å². The Hall–Kier alpha value is -10.1. The predicted octanol–water partition coefficient (Wildman–Crippen LogP) is 16.1. The minimum atomic E-state index is -2.76. The van der Waals surface area contributed by atoms with E-state index < -0.39 is 16.1 Å². The number of benzene rings is 12. The van der Waals surface area contributed by atoms with E-state index in [1.807, 2.05) is 11.3 Å². The minimum Gasteiger partial charge on any atom is -0.311 e. The van der Waals surface area contributed by atoms with E-state index in [1.165, 1.54) is 72.4 Å². The topological polar surface area (TPSA) is 6.48 Å². The summed E-state index contributed by atoms with van der Waals surface area (Å²) in [5, 5.41) is 15.7. The van der Waals surface area contributed by atoms with Crippen molar-refractivity contribution in [2.45, 2.75) is 6.42 Å². The Balaban J connectivity index is 0.894. The molecular formula is C81H62N2SSi2. The van der Waals surface area contributed by atoms with Crippen LogP contribution in [0.15, 0.2) is 370 Å². The fourth-order valence-electron chi connectivity index (χ4n) is 13.1. The van der Waals surface area contributed by atoms with Gasteiger partial charge in [-0.05, 0) is 131 Å². The average Bonchev–Trinajstić information content (AvgIpc) is 1.02. The molecule has 1 aliphatic rings. The lowest BCUT2D eigenvalue weighted by atomic mass is 10.1. The summed E-state index contributed by atoms with van der Waals surface area (Å²) in [6, 6.07) is 116. The van der Waals surface area contributed by atoms with E-state index in [0.717, 1.165) is 46.1 Å². The maximum atomic E-state index is 4.39. The van der Waals surface area contributed by atoms with Gasteiger partial charge in [-0.15, -0.1) is 11.3 Å². The molecule has 86 heavy (non-hydrogen) atoms. The zero-order valence-electron chi connectivity index (χ0n) is 47.7. The molecule has 0 atom stereocenters. The molecule has 0 spiro atoms. The molecule has 0 fully saturated rings. The third-order valence-electron chi connectivity index (χ3n) is 17.1. The Morgan fingerprint density at radius 1 is 0.302 bits per heavy atom. The number of fused-ring (bicyclic) bond motifs is 4. The molecule has 2 nitrogen and oxygen atoms in total. The molecule has 410 valence electrons. The van der Waals surface area contributed by atoms with E-state index in [9.17, 15) is 0 Å². The first kappa shape index (κ1) is 53.8. The number of hydrogen-bond acceptors (Lipinski definition) is 3. The third kappa shape index (κ3) is 10.0. The van der Waals surface area contributed by atoms with Crippen LogP contribution in [0, 0.1) is 0 Å². The van der Waals surface area contributed by atoms with Crippen molar-refractivity contribution in [2.75, 3.05) is 9.80 Å². The second-order valence-electron chi connectivity index (χ2n) is 22.0. The zero-order chi connectivity index (χ0) is 57.7. The van der Waals surface area contributed by atoms with Gasteiger partial charge in [0.05, 0.1) is 0 Å². The van der Waals surface area contributed by atoms with E-state index in [4.69, 9.17) is 0 Å². The third-order valence-corrected chi connectivity index (χ3v) is 27.8. The molecular weight excluding hydrogens is 1090 g/mol. The molecule has 13 aromatic rings. The number of hydrogen-bond donors (Lipinski definition) is 0. The first-order valence-corrected chi connectivity index (χ1v) is 34.4. The summed E-state index contributed by atoms with van der Waals surface area (Å²) in [4.78, 5) is 4.86. The first-order valence-electron chi connectivity index (χ1n) is 29.6. The lowest BCUT2D eigenvalue weighted by Gasteiger charge is -2.35. The highest BCUT2D eigenvalue weighted by Crippen LogP contribution is 2.43. The Morgan fingerprint density at radius 2 is 0.663 bits per heavy atom. The fourth-order valence-corrected chi connectivity index (χ4v) is 23.8. The molecule has 0 unspecified atom stereocenters. The van der Waals surface area contributed by atoms with Crippen molar-refractivity contribution < 1.29 is 0 Å². The molecule has 0 saturated carbocycles. The highest BCUT2D eigenvalue weighted by Gasteiger charge is 2.43. The molecule has 1 aliphatic carbocycles. The molecule has 0 amide bonds. The van der Waals surface area contributed by atoms with Gasteiger partial charge in [0.15, 0.2) is 16.1 Å². The fraction of sp³-hybridized carbons (Fsp3) is 0.0123. The average molecular weight is 1150 g/mol. The highest BCUT2D eigenvalue weighted by atomic mass is 32.1. The molecule has 12 aromatic carbocycles. The molecule has 0 bridgehead atoms. The van der Waals surface area contributed by atoms with Crippen molar-refractivity contribution in [3.63, 3.8) is 0 Å². The number of allylic oxidation sites excluding steroid dienone is 8. The van der Waals surface area contributed by atoms with Gasteiger partial charge in [0.25, 0.3) is 0 Å². The Labute approximate surface area is 510 Å². The largest absolute Gasteiger partial charge is 0.311 e. The predicted molar refractivity (Wildman–Crippen MR) is 377 cm³/mol. The molecule has 0 radical (unpaired) electrons. The van der Waals surface area contributed by atoms with Crippen molar-refractivity contribution in [3.05, 3.63) is 370 Å². The lowest BCUT2D eigenvalue weighted by molar-refractivity contribution is 1.18. The number of thiophene rings is 1. The van der Waals surface area contributed by atoms with Crippen LogP contribution in [-0.4, -0.2) is 16.1 Å². The van der Waals surface area contributed by atoms with Crippen molar-refractivity contribution >= 4 is 128 Å². The van der Waals surface area contributed by atoms with E-state index in [0.29, 0.717) is 0 Å². The number of rotatable bonds is 14. The van der Waals surface area contributed by atoms with Crippen molar-refractivity contribution in [1.82, 2.24) is 0 Å². The SMILES string of the molecule is C=C1C=C/C(N(c2ccc([Si](c3ccccc3)(c3ccccc3)c3ccccc3)cc2)c2ccc3c(c2)sc2cc(N(c4ccc([Si](c5ccccc5)(c5ccccc5)c5ccccc5)cc4)c4ccc5ccccc5c4)ccc23)=C\C/C=C\C=C/1. The van der Waals surface area contributed by atoms with Crippen molar-refractivity contribution in [2.24, 2.45) is 0 Å². The van der Waals surface area contributed by atoms with Crippen LogP contribution in [0.5, 0.6) is 0 Å². The molecule has 1 heterocycles. The van der Waals surface area contributed by atoms with Crippen LogP contribution in [0.25, 0.3) is 30.9 Å². The van der Waals surface area contributed by atoms with Gasteiger partial charge >= 0.3 is 0 Å². The summed E-state index contributed by atoms with van der Waals surface area (Å²) in [6.45, 7) is 4.39. The van der Waals surface area contributed by atoms with Crippen LogP contribution in [0.1, 0.15) is 6.42 Å². The van der Waals surface area contributed by atoms with E-state index in [-0.39, 0.29) is 0 Å². The van der Waals surface area contributed by atoms with Crippen LogP contribution in [0.4, 0.5) is 28.4 Å². The highest BCUT2D eigenvalue weighted by molar-refractivity contribution is 7.26. The van der Waals surface area contributed by atoms with Gasteiger partial charge in [0.2, 0.25) is 0 Å². The maximum absolute atomic E-state index is 4.39. The van der Waals surface area contributed by atoms with E-state index in [2.05, 4.69) is 368 Å². The molecule has 0 aliphatic heterocycles. The minimum absolute atomic E-state index is 0.775. The summed E-state index contributed by atoms with van der Waals surface area (Å²) in [7, 11) is -5.51. The molecule has 5 heteroatoms. The number of anilines is 5. The van der Waals surface area contributed by atoms with Gasteiger partial charge in [-0.3, -0.25) is 0 Å². The van der Waals surface area contributed by atoms with Crippen LogP contribution < -0.4 is 51.3 Å². The van der Waals surface area contributed by atoms with Gasteiger partial charge in [-0.1, -0.05) is 292 Å². The summed E-state index contributed by atoms with van der Waals surface area (Å²) >= 11 is 1.86. The molecule has 0 saturated heterocycles.